The summed E-state index contributed by atoms with van der Waals surface area (Å²) >= 11 is 0. The lowest BCUT2D eigenvalue weighted by molar-refractivity contribution is 0.119. The Morgan fingerprint density at radius 2 is 1.89 bits per heavy atom. The number of benzene rings is 3. The number of hydrogen-bond acceptors (Lipinski definition) is 7. The summed E-state index contributed by atoms with van der Waals surface area (Å²) in [6.45, 7) is 7.33. The van der Waals surface area contributed by atoms with Gasteiger partial charge in [0.15, 0.2) is 5.82 Å². The van der Waals surface area contributed by atoms with Crippen LogP contribution in [0, 0.1) is 35.3 Å². The lowest BCUT2D eigenvalue weighted by Crippen LogP contribution is -2.51. The van der Waals surface area contributed by atoms with Crippen LogP contribution in [0.1, 0.15) is 51.0 Å². The highest BCUT2D eigenvalue weighted by molar-refractivity contribution is 6.04. The van der Waals surface area contributed by atoms with Crippen molar-refractivity contribution >= 4 is 27.5 Å². The first-order valence-corrected chi connectivity index (χ1v) is 16.6. The summed E-state index contributed by atoms with van der Waals surface area (Å²) < 4.78 is 39.5. The molecule has 4 heterocycles. The molecule has 238 valence electrons. The average Bonchev–Trinajstić information content (AvgIpc) is 3.72. The van der Waals surface area contributed by atoms with E-state index in [4.69, 9.17) is 16.1 Å². The van der Waals surface area contributed by atoms with E-state index in [0.717, 1.165) is 45.3 Å². The van der Waals surface area contributed by atoms with Crippen LogP contribution in [0.3, 0.4) is 0 Å². The monoisotopic (exact) mass is 623 g/mol. The molecule has 2 unspecified atom stereocenters. The first-order valence-electron chi connectivity index (χ1n) is 16.6. The van der Waals surface area contributed by atoms with Gasteiger partial charge in [-0.3, -0.25) is 0 Å². The fourth-order valence-corrected chi connectivity index (χ4v) is 8.06. The second-order valence-electron chi connectivity index (χ2n) is 14.1. The number of likely N-dealkylation sites (tertiary alicyclic amines) is 1. The van der Waals surface area contributed by atoms with Crippen LogP contribution in [0.15, 0.2) is 36.4 Å². The van der Waals surface area contributed by atoms with Crippen molar-refractivity contribution in [2.45, 2.75) is 57.5 Å². The average molecular weight is 624 g/mol. The predicted molar refractivity (Wildman–Crippen MR) is 176 cm³/mol. The van der Waals surface area contributed by atoms with Gasteiger partial charge in [0, 0.05) is 65.6 Å². The molecule has 0 spiro atoms. The fraction of sp³-hybridized carbons (Fsp3) is 0.459. The largest absolute Gasteiger partial charge is 0.508 e. The maximum Gasteiger partial charge on any atom is 0.319 e. The van der Waals surface area contributed by atoms with Crippen LogP contribution in [0.5, 0.6) is 11.8 Å². The molecule has 4 fully saturated rings. The zero-order valence-corrected chi connectivity index (χ0v) is 26.2. The van der Waals surface area contributed by atoms with Crippen molar-refractivity contribution in [3.63, 3.8) is 0 Å². The molecule has 0 radical (unpaired) electrons. The molecule has 1 saturated carbocycles. The summed E-state index contributed by atoms with van der Waals surface area (Å²) in [4.78, 5) is 14.1. The van der Waals surface area contributed by atoms with E-state index in [-0.39, 0.29) is 33.8 Å². The lowest BCUT2D eigenvalue weighted by atomic mass is 9.93. The molecule has 3 saturated heterocycles. The Bertz CT molecular complexity index is 1870. The number of phenolic OH excluding ortho intramolecular Hbond substituents is 1. The Morgan fingerprint density at radius 3 is 2.63 bits per heavy atom. The van der Waals surface area contributed by atoms with Crippen LogP contribution < -0.4 is 15.0 Å². The van der Waals surface area contributed by atoms with Gasteiger partial charge in [-0.25, -0.2) is 8.78 Å². The zero-order valence-electron chi connectivity index (χ0n) is 26.2. The first-order chi connectivity index (χ1) is 22.3. The van der Waals surface area contributed by atoms with Crippen molar-refractivity contribution in [1.82, 2.24) is 20.2 Å². The van der Waals surface area contributed by atoms with Crippen LogP contribution in [0.4, 0.5) is 14.6 Å². The lowest BCUT2D eigenvalue weighted by Gasteiger charge is -2.34. The molecular formula is C37H39F2N5O2. The Labute approximate surface area is 268 Å². The smallest absolute Gasteiger partial charge is 0.319 e. The molecule has 2 N–H and O–H groups in total. The molecule has 3 atom stereocenters. The summed E-state index contributed by atoms with van der Waals surface area (Å²) in [6, 6.07) is 10.2. The van der Waals surface area contributed by atoms with Crippen LogP contribution in [-0.4, -0.2) is 71.4 Å². The standard InChI is InChI=1S/C37H39F2N5O2/c1-3-23-7-4-8-24-14-27(45)15-28(31(23)24)32-30(38)16-29-34(33(32)39)41-36(42-35(29)44-18-25-9-10-26(19-44)40-25)46-21-37(11-12-37)20-43-13-5-6-22(2)17-43/h1,4,7-8,14-16,22,25-26,40,45H,5-6,9-13,17-21H2,2H3/t22-,25?,26?/m0/s1. The number of terminal acetylenes is 1. The molecule has 0 amide bonds. The number of phenols is 1. The topological polar surface area (TPSA) is 73.8 Å². The second kappa shape index (κ2) is 11.4. The second-order valence-corrected chi connectivity index (χ2v) is 14.1. The van der Waals surface area contributed by atoms with Crippen molar-refractivity contribution in [3.8, 4) is 35.2 Å². The summed E-state index contributed by atoms with van der Waals surface area (Å²) in [5, 5.41) is 15.6. The van der Waals surface area contributed by atoms with Crippen LogP contribution in [0.2, 0.25) is 0 Å². The molecule has 8 rings (SSSR count). The van der Waals surface area contributed by atoms with Gasteiger partial charge in [-0.2, -0.15) is 9.97 Å². The van der Waals surface area contributed by atoms with E-state index in [0.29, 0.717) is 65.2 Å². The predicted octanol–water partition coefficient (Wildman–Crippen LogP) is 6.25. The molecule has 46 heavy (non-hydrogen) atoms. The number of piperazine rings is 1. The van der Waals surface area contributed by atoms with E-state index < -0.39 is 11.6 Å². The van der Waals surface area contributed by atoms with E-state index in [1.165, 1.54) is 25.0 Å². The Kier molecular flexibility index (Phi) is 7.26. The van der Waals surface area contributed by atoms with Gasteiger partial charge in [-0.15, -0.1) is 6.42 Å². The Morgan fingerprint density at radius 1 is 1.09 bits per heavy atom. The zero-order chi connectivity index (χ0) is 31.6. The molecule has 1 aliphatic carbocycles. The molecule has 4 aromatic rings. The highest BCUT2D eigenvalue weighted by atomic mass is 19.1. The molecule has 7 nitrogen and oxygen atoms in total. The van der Waals surface area contributed by atoms with Gasteiger partial charge in [-0.05, 0) is 80.6 Å². The van der Waals surface area contributed by atoms with Crippen molar-refractivity contribution in [2.75, 3.05) is 44.2 Å². The summed E-state index contributed by atoms with van der Waals surface area (Å²) in [5.74, 6) is 2.10. The van der Waals surface area contributed by atoms with Crippen molar-refractivity contribution in [2.24, 2.45) is 11.3 Å². The third-order valence-corrected chi connectivity index (χ3v) is 10.5. The van der Waals surface area contributed by atoms with Gasteiger partial charge in [0.2, 0.25) is 0 Å². The van der Waals surface area contributed by atoms with Gasteiger partial charge in [0.05, 0.1) is 12.2 Å². The van der Waals surface area contributed by atoms with E-state index in [9.17, 15) is 5.11 Å². The molecule has 4 aliphatic rings. The highest BCUT2D eigenvalue weighted by Gasteiger charge is 2.45. The fourth-order valence-electron chi connectivity index (χ4n) is 8.06. The van der Waals surface area contributed by atoms with E-state index in [1.807, 2.05) is 0 Å². The molecule has 2 bridgehead atoms. The van der Waals surface area contributed by atoms with Crippen LogP contribution in [-0.2, 0) is 0 Å². The van der Waals surface area contributed by atoms with Crippen LogP contribution in [0.25, 0.3) is 32.8 Å². The molecule has 1 aromatic heterocycles. The first kappa shape index (κ1) is 29.4. The summed E-state index contributed by atoms with van der Waals surface area (Å²) in [7, 11) is 0. The number of nitrogens with one attached hydrogen (secondary N) is 1. The number of hydrogen-bond donors (Lipinski definition) is 2. The van der Waals surface area contributed by atoms with Gasteiger partial charge in [-0.1, -0.05) is 25.0 Å². The summed E-state index contributed by atoms with van der Waals surface area (Å²) in [5.41, 5.74) is 0.406. The van der Waals surface area contributed by atoms with Crippen molar-refractivity contribution < 1.29 is 18.6 Å². The van der Waals surface area contributed by atoms with E-state index in [1.54, 1.807) is 24.3 Å². The van der Waals surface area contributed by atoms with Crippen LogP contribution >= 0.6 is 0 Å². The minimum absolute atomic E-state index is 0.00772. The van der Waals surface area contributed by atoms with E-state index in [2.05, 4.69) is 32.9 Å². The van der Waals surface area contributed by atoms with Gasteiger partial charge in [0.1, 0.15) is 22.9 Å². The number of fused-ring (bicyclic) bond motifs is 4. The van der Waals surface area contributed by atoms with E-state index >= 15 is 8.78 Å². The number of nitrogens with zero attached hydrogens (tertiary/aromatic N) is 4. The molecule has 3 aliphatic heterocycles. The van der Waals surface area contributed by atoms with Crippen molar-refractivity contribution in [3.05, 3.63) is 53.6 Å². The number of ether oxygens (including phenoxy) is 1. The third kappa shape index (κ3) is 5.31. The minimum atomic E-state index is -0.830. The SMILES string of the molecule is C#Cc1cccc2cc(O)cc(-c3c(F)cc4c(N5CC6CCC(C5)N6)nc(OCC5(CN6CCC[C@H](C)C6)CC5)nc4c3F)c12. The van der Waals surface area contributed by atoms with Gasteiger partial charge >= 0.3 is 6.01 Å². The number of rotatable bonds is 7. The number of anilines is 1. The highest BCUT2D eigenvalue weighted by Crippen LogP contribution is 2.47. The maximum atomic E-state index is 16.9. The van der Waals surface area contributed by atoms with Crippen molar-refractivity contribution in [1.29, 1.82) is 0 Å². The molecular weight excluding hydrogens is 584 g/mol. The normalized spacial score (nSPS) is 24.0. The Balaban J connectivity index is 1.22. The molecule has 3 aromatic carbocycles. The van der Waals surface area contributed by atoms with Gasteiger partial charge < -0.3 is 25.0 Å². The number of piperidine rings is 1. The number of aromatic hydroxyl groups is 1. The number of halogens is 2. The maximum absolute atomic E-state index is 16.9. The summed E-state index contributed by atoms with van der Waals surface area (Å²) in [6.07, 6.45) is 12.6. The number of aromatic nitrogens is 2. The molecule has 9 heteroatoms. The Hall–Kier alpha value is -4.00. The minimum Gasteiger partial charge on any atom is -0.508 e. The quantitative estimate of drug-likeness (QED) is 0.236. The third-order valence-electron chi connectivity index (χ3n) is 10.5. The van der Waals surface area contributed by atoms with Gasteiger partial charge in [0.25, 0.3) is 0 Å².